The molecule has 0 aliphatic carbocycles. The van der Waals surface area contributed by atoms with E-state index >= 15 is 0 Å². The molecule has 0 atom stereocenters. The van der Waals surface area contributed by atoms with Crippen molar-refractivity contribution < 1.29 is 14.3 Å². The highest BCUT2D eigenvalue weighted by atomic mass is 79.9. The van der Waals surface area contributed by atoms with Crippen LogP contribution in [0.3, 0.4) is 0 Å². The average molecular weight is 519 g/mol. The number of carbonyl (C=O) groups is 2. The van der Waals surface area contributed by atoms with Gasteiger partial charge >= 0.3 is 0 Å². The first kappa shape index (κ1) is 21.6. The van der Waals surface area contributed by atoms with Gasteiger partial charge in [-0.3, -0.25) is 9.59 Å². The molecular weight excluding hydrogens is 500 g/mol. The molecule has 2 amide bonds. The SMILES string of the molecule is O=C1S/C(=C\c2cn(CCOc3ccccc3)c3ccc(Br)cc23)C(=O)N1c1ccccc1. The molecule has 7 heteroatoms. The second kappa shape index (κ2) is 9.29. The van der Waals surface area contributed by atoms with E-state index in [0.29, 0.717) is 23.7 Å². The Bertz CT molecular complexity index is 1370. The number of thioether (sulfide) groups is 1. The van der Waals surface area contributed by atoms with Gasteiger partial charge < -0.3 is 9.30 Å². The number of carbonyl (C=O) groups excluding carboxylic acids is 2. The lowest BCUT2D eigenvalue weighted by Gasteiger charge is -2.11. The molecule has 0 radical (unpaired) electrons. The van der Waals surface area contributed by atoms with Crippen molar-refractivity contribution in [1.82, 2.24) is 4.57 Å². The van der Waals surface area contributed by atoms with Crippen LogP contribution in [-0.2, 0) is 11.3 Å². The average Bonchev–Trinajstić information content (AvgIpc) is 3.31. The van der Waals surface area contributed by atoms with Crippen molar-refractivity contribution >= 4 is 61.5 Å². The number of anilines is 1. The van der Waals surface area contributed by atoms with Gasteiger partial charge in [0.25, 0.3) is 11.1 Å². The monoisotopic (exact) mass is 518 g/mol. The van der Waals surface area contributed by atoms with Crippen molar-refractivity contribution in [3.8, 4) is 5.75 Å². The molecule has 1 fully saturated rings. The van der Waals surface area contributed by atoms with Crippen LogP contribution in [0.25, 0.3) is 17.0 Å². The third-order valence-electron chi connectivity index (χ3n) is 5.31. The molecule has 1 aromatic heterocycles. The van der Waals surface area contributed by atoms with Gasteiger partial charge in [0.15, 0.2) is 0 Å². The molecule has 1 saturated heterocycles. The number of para-hydroxylation sites is 2. The molecule has 0 N–H and O–H groups in total. The van der Waals surface area contributed by atoms with Crippen LogP contribution in [0.4, 0.5) is 10.5 Å². The zero-order chi connectivity index (χ0) is 22.8. The molecule has 4 aromatic rings. The van der Waals surface area contributed by atoms with Crippen molar-refractivity contribution in [1.29, 1.82) is 0 Å². The van der Waals surface area contributed by atoms with Crippen LogP contribution in [0, 0.1) is 0 Å². The van der Waals surface area contributed by atoms with Gasteiger partial charge in [-0.2, -0.15) is 0 Å². The Morgan fingerprint density at radius 2 is 1.67 bits per heavy atom. The molecule has 0 spiro atoms. The fourth-order valence-corrected chi connectivity index (χ4v) is 4.98. The third kappa shape index (κ3) is 4.47. The van der Waals surface area contributed by atoms with Crippen molar-refractivity contribution in [3.05, 3.63) is 100 Å². The molecule has 1 aliphatic heterocycles. The third-order valence-corrected chi connectivity index (χ3v) is 6.68. The van der Waals surface area contributed by atoms with Crippen molar-refractivity contribution in [2.45, 2.75) is 6.54 Å². The van der Waals surface area contributed by atoms with E-state index < -0.39 is 0 Å². The Hall–Kier alpha value is -3.29. The van der Waals surface area contributed by atoms with E-state index in [0.717, 1.165) is 38.5 Å². The van der Waals surface area contributed by atoms with Gasteiger partial charge in [-0.25, -0.2) is 4.90 Å². The smallest absolute Gasteiger partial charge is 0.298 e. The van der Waals surface area contributed by atoms with Crippen molar-refractivity contribution in [2.24, 2.45) is 0 Å². The number of halogens is 1. The summed E-state index contributed by atoms with van der Waals surface area (Å²) in [5.41, 5.74) is 2.49. The first-order valence-corrected chi connectivity index (χ1v) is 12.0. The zero-order valence-corrected chi connectivity index (χ0v) is 19.9. The standard InChI is InChI=1S/C26H19BrN2O3S/c27-19-11-12-23-22(16-19)18(17-28(23)13-14-32-21-9-5-2-6-10-21)15-24-25(30)29(26(31)33-24)20-7-3-1-4-8-20/h1-12,15-17H,13-14H2/b24-15-. The van der Waals surface area contributed by atoms with Crippen LogP contribution in [0.15, 0.2) is 94.4 Å². The minimum atomic E-state index is -0.306. The number of benzene rings is 3. The molecule has 3 aromatic carbocycles. The summed E-state index contributed by atoms with van der Waals surface area (Å²) in [5.74, 6) is 0.519. The van der Waals surface area contributed by atoms with Crippen LogP contribution >= 0.6 is 27.7 Å². The number of hydrogen-bond acceptors (Lipinski definition) is 4. The minimum absolute atomic E-state index is 0.293. The second-order valence-electron chi connectivity index (χ2n) is 7.45. The molecule has 2 heterocycles. The van der Waals surface area contributed by atoms with Crippen molar-refractivity contribution in [2.75, 3.05) is 11.5 Å². The number of imide groups is 1. The molecule has 5 nitrogen and oxygen atoms in total. The van der Waals surface area contributed by atoms with Gasteiger partial charge in [-0.1, -0.05) is 52.3 Å². The first-order valence-electron chi connectivity index (χ1n) is 10.4. The van der Waals surface area contributed by atoms with Gasteiger partial charge in [0, 0.05) is 27.1 Å². The van der Waals surface area contributed by atoms with Gasteiger partial charge in [0.1, 0.15) is 12.4 Å². The minimum Gasteiger partial charge on any atom is -0.492 e. The van der Waals surface area contributed by atoms with Crippen LogP contribution in [-0.4, -0.2) is 22.3 Å². The Kier molecular flexibility index (Phi) is 6.07. The number of hydrogen-bond donors (Lipinski definition) is 0. The second-order valence-corrected chi connectivity index (χ2v) is 9.36. The van der Waals surface area contributed by atoms with Crippen LogP contribution in [0.1, 0.15) is 5.56 Å². The predicted molar refractivity (Wildman–Crippen MR) is 136 cm³/mol. The number of ether oxygens (including phenoxy) is 1. The maximum atomic E-state index is 13.0. The van der Waals surface area contributed by atoms with Gasteiger partial charge in [-0.15, -0.1) is 0 Å². The summed E-state index contributed by atoms with van der Waals surface area (Å²) in [7, 11) is 0. The maximum absolute atomic E-state index is 13.0. The Balaban J connectivity index is 1.44. The van der Waals surface area contributed by atoms with Crippen LogP contribution in [0.5, 0.6) is 5.75 Å². The lowest BCUT2D eigenvalue weighted by atomic mass is 10.1. The van der Waals surface area contributed by atoms with Gasteiger partial charge in [-0.05, 0) is 60.3 Å². The molecular formula is C26H19BrN2O3S. The summed E-state index contributed by atoms with van der Waals surface area (Å²) in [6.07, 6.45) is 3.80. The zero-order valence-electron chi connectivity index (χ0n) is 17.5. The van der Waals surface area contributed by atoms with E-state index in [1.807, 2.05) is 72.9 Å². The molecule has 0 saturated carbocycles. The van der Waals surface area contributed by atoms with Crippen molar-refractivity contribution in [3.63, 3.8) is 0 Å². The molecule has 5 rings (SSSR count). The lowest BCUT2D eigenvalue weighted by Crippen LogP contribution is -2.27. The van der Waals surface area contributed by atoms with E-state index in [1.165, 1.54) is 4.90 Å². The molecule has 1 aliphatic rings. The van der Waals surface area contributed by atoms with Crippen LogP contribution in [0.2, 0.25) is 0 Å². The first-order chi connectivity index (χ1) is 16.1. The predicted octanol–water partition coefficient (Wildman–Crippen LogP) is 6.72. The number of fused-ring (bicyclic) bond motifs is 1. The Morgan fingerprint density at radius 3 is 2.42 bits per heavy atom. The summed E-state index contributed by atoms with van der Waals surface area (Å²) in [4.78, 5) is 27.2. The summed E-state index contributed by atoms with van der Waals surface area (Å²) in [5, 5.41) is 0.703. The molecule has 33 heavy (non-hydrogen) atoms. The summed E-state index contributed by atoms with van der Waals surface area (Å²) in [6, 6.07) is 24.7. The lowest BCUT2D eigenvalue weighted by molar-refractivity contribution is -0.113. The van der Waals surface area contributed by atoms with Gasteiger partial charge in [0.2, 0.25) is 0 Å². The van der Waals surface area contributed by atoms with E-state index in [4.69, 9.17) is 4.74 Å². The maximum Gasteiger partial charge on any atom is 0.298 e. The fourth-order valence-electron chi connectivity index (χ4n) is 3.78. The highest BCUT2D eigenvalue weighted by Gasteiger charge is 2.36. The van der Waals surface area contributed by atoms with Crippen LogP contribution < -0.4 is 9.64 Å². The Labute approximate surface area is 203 Å². The molecule has 164 valence electrons. The quantitative estimate of drug-likeness (QED) is 0.265. The van der Waals surface area contributed by atoms with E-state index in [-0.39, 0.29) is 11.1 Å². The molecule has 0 unspecified atom stereocenters. The fraction of sp³-hybridized carbons (Fsp3) is 0.0769. The van der Waals surface area contributed by atoms with Gasteiger partial charge in [0.05, 0.1) is 17.1 Å². The number of amides is 2. The van der Waals surface area contributed by atoms with E-state index in [1.54, 1.807) is 18.2 Å². The Morgan fingerprint density at radius 1 is 0.939 bits per heavy atom. The molecule has 0 bridgehead atoms. The largest absolute Gasteiger partial charge is 0.492 e. The number of aromatic nitrogens is 1. The van der Waals surface area contributed by atoms with E-state index in [2.05, 4.69) is 20.5 Å². The summed E-state index contributed by atoms with van der Waals surface area (Å²) < 4.78 is 8.92. The highest BCUT2D eigenvalue weighted by molar-refractivity contribution is 9.10. The normalized spacial score (nSPS) is 15.1. The number of rotatable bonds is 6. The number of nitrogens with zero attached hydrogens (tertiary/aromatic N) is 2. The summed E-state index contributed by atoms with van der Waals surface area (Å²) >= 11 is 4.51. The highest BCUT2D eigenvalue weighted by Crippen LogP contribution is 2.37. The summed E-state index contributed by atoms with van der Waals surface area (Å²) in [6.45, 7) is 1.15. The topological polar surface area (TPSA) is 51.5 Å². The van der Waals surface area contributed by atoms with E-state index in [9.17, 15) is 9.59 Å².